The molecular formula is C17H16BNO5S2. The number of fused-ring (bicyclic) bond motifs is 1. The molecule has 0 aromatic carbocycles. The summed E-state index contributed by atoms with van der Waals surface area (Å²) in [5.41, 5.74) is 0.564. The Labute approximate surface area is 160 Å². The van der Waals surface area contributed by atoms with E-state index in [1.807, 2.05) is 17.5 Å². The minimum atomic E-state index is -0.817. The molecule has 1 aromatic rings. The van der Waals surface area contributed by atoms with Crippen LogP contribution in [0.15, 0.2) is 28.8 Å². The van der Waals surface area contributed by atoms with Gasteiger partial charge in [-0.1, -0.05) is 6.07 Å². The number of carbonyl (C=O) groups is 3. The lowest BCUT2D eigenvalue weighted by Gasteiger charge is -2.52. The quantitative estimate of drug-likeness (QED) is 0.581. The molecule has 0 unspecified atom stereocenters. The van der Waals surface area contributed by atoms with Gasteiger partial charge in [-0.05, 0) is 24.3 Å². The summed E-state index contributed by atoms with van der Waals surface area (Å²) in [5, 5.41) is 11.4. The first-order valence-electron chi connectivity index (χ1n) is 8.31. The number of hydrogen-bond acceptors (Lipinski definition) is 7. The Hall–Kier alpha value is -1.58. The number of amides is 1. The lowest BCUT2D eigenvalue weighted by atomic mass is 9.89. The van der Waals surface area contributed by atoms with Crippen LogP contribution in [0.4, 0.5) is 0 Å². The van der Waals surface area contributed by atoms with E-state index in [0.29, 0.717) is 12.0 Å². The SMILES string of the molecule is [B]OC(=O)C1=C(CO)C2(CC2)S[C@@H]2[C@H](CC(=O)Cc3cccs3)C(=O)N12. The molecule has 3 aliphatic rings. The van der Waals surface area contributed by atoms with Crippen LogP contribution >= 0.6 is 23.1 Å². The van der Waals surface area contributed by atoms with Crippen LogP contribution in [-0.4, -0.2) is 52.4 Å². The molecule has 1 amide bonds. The summed E-state index contributed by atoms with van der Waals surface area (Å²) in [5.74, 6) is -1.55. The number of thiophene rings is 1. The summed E-state index contributed by atoms with van der Waals surface area (Å²) >= 11 is 3.08. The Kier molecular flexibility index (Phi) is 4.49. The van der Waals surface area contributed by atoms with E-state index < -0.39 is 11.9 Å². The molecular weight excluding hydrogens is 373 g/mol. The lowest BCUT2D eigenvalue weighted by Crippen LogP contribution is -2.63. The van der Waals surface area contributed by atoms with Gasteiger partial charge in [-0.2, -0.15) is 0 Å². The zero-order valence-electron chi connectivity index (χ0n) is 13.8. The van der Waals surface area contributed by atoms with Gasteiger partial charge < -0.3 is 9.76 Å². The van der Waals surface area contributed by atoms with E-state index in [0.717, 1.165) is 17.7 Å². The molecule has 3 heterocycles. The Morgan fingerprint density at radius 3 is 2.77 bits per heavy atom. The number of carbonyl (C=O) groups excluding carboxylic acids is 3. The van der Waals surface area contributed by atoms with Crippen LogP contribution in [0.3, 0.4) is 0 Å². The molecule has 1 spiro atoms. The summed E-state index contributed by atoms with van der Waals surface area (Å²) in [6.45, 7) is -0.324. The predicted octanol–water partition coefficient (Wildman–Crippen LogP) is 1.19. The van der Waals surface area contributed by atoms with Crippen molar-refractivity contribution >= 4 is 48.8 Å². The van der Waals surface area contributed by atoms with Crippen molar-refractivity contribution in [3.05, 3.63) is 33.7 Å². The third-order valence-corrected chi connectivity index (χ3v) is 7.90. The van der Waals surface area contributed by atoms with Crippen molar-refractivity contribution in [1.82, 2.24) is 4.90 Å². The molecule has 6 nitrogen and oxygen atoms in total. The Morgan fingerprint density at radius 1 is 1.42 bits per heavy atom. The second kappa shape index (κ2) is 6.54. The Morgan fingerprint density at radius 2 is 2.19 bits per heavy atom. The maximum Gasteiger partial charge on any atom is 0.378 e. The molecule has 2 radical (unpaired) electrons. The van der Waals surface area contributed by atoms with Gasteiger partial charge in [-0.25, -0.2) is 4.79 Å². The molecule has 9 heteroatoms. The lowest BCUT2D eigenvalue weighted by molar-refractivity contribution is -0.153. The van der Waals surface area contributed by atoms with Crippen LogP contribution in [0.1, 0.15) is 24.1 Å². The van der Waals surface area contributed by atoms with Gasteiger partial charge in [0, 0.05) is 28.0 Å². The highest BCUT2D eigenvalue weighted by Gasteiger charge is 2.63. The van der Waals surface area contributed by atoms with Crippen LogP contribution < -0.4 is 0 Å². The average Bonchev–Trinajstić information content (AvgIpc) is 3.21. The highest BCUT2D eigenvalue weighted by Crippen LogP contribution is 2.63. The standard InChI is InChI=1S/C17H16BNO5S2/c18-24-16(23)13-12(8-20)17(3-4-17)26-15-11(14(22)19(13)15)7-9(21)6-10-2-1-5-25-10/h1-2,5,11,15,20H,3-4,6-8H2/t11-,15-/m1/s1. The van der Waals surface area contributed by atoms with Crippen molar-refractivity contribution in [2.45, 2.75) is 35.8 Å². The molecule has 2 aliphatic heterocycles. The van der Waals surface area contributed by atoms with Gasteiger partial charge in [0.25, 0.3) is 0 Å². The largest absolute Gasteiger partial charge is 0.539 e. The van der Waals surface area contributed by atoms with E-state index in [1.54, 1.807) is 11.8 Å². The minimum Gasteiger partial charge on any atom is -0.539 e. The Balaban J connectivity index is 1.55. The number of aliphatic hydroxyl groups is 1. The first-order valence-corrected chi connectivity index (χ1v) is 10.1. The van der Waals surface area contributed by atoms with Crippen LogP contribution in [0.2, 0.25) is 0 Å². The third-order valence-electron chi connectivity index (χ3n) is 5.14. The second-order valence-electron chi connectivity index (χ2n) is 6.71. The van der Waals surface area contributed by atoms with Crippen molar-refractivity contribution in [1.29, 1.82) is 0 Å². The van der Waals surface area contributed by atoms with Gasteiger partial charge in [-0.3, -0.25) is 14.5 Å². The minimum absolute atomic E-state index is 0.00998. The van der Waals surface area contributed by atoms with E-state index in [1.165, 1.54) is 16.2 Å². The van der Waals surface area contributed by atoms with Gasteiger partial charge in [-0.15, -0.1) is 23.1 Å². The fourth-order valence-electron chi connectivity index (χ4n) is 3.70. The molecule has 0 bridgehead atoms. The van der Waals surface area contributed by atoms with Crippen molar-refractivity contribution in [3.63, 3.8) is 0 Å². The molecule has 1 saturated carbocycles. The van der Waals surface area contributed by atoms with Crippen LogP contribution in [0.25, 0.3) is 0 Å². The maximum atomic E-state index is 12.7. The van der Waals surface area contributed by atoms with E-state index in [9.17, 15) is 19.5 Å². The highest BCUT2D eigenvalue weighted by molar-refractivity contribution is 8.01. The molecule has 2 fully saturated rings. The monoisotopic (exact) mass is 389 g/mol. The maximum absolute atomic E-state index is 12.7. The molecule has 1 aliphatic carbocycles. The molecule has 134 valence electrons. The summed E-state index contributed by atoms with van der Waals surface area (Å²) in [6.07, 6.45) is 2.12. The second-order valence-corrected chi connectivity index (χ2v) is 9.24. The van der Waals surface area contributed by atoms with Crippen molar-refractivity contribution in [2.24, 2.45) is 5.92 Å². The smallest absolute Gasteiger partial charge is 0.378 e. The van der Waals surface area contributed by atoms with Gasteiger partial charge in [0.1, 0.15) is 11.5 Å². The first-order chi connectivity index (χ1) is 12.5. The van der Waals surface area contributed by atoms with Gasteiger partial charge in [0.05, 0.1) is 17.9 Å². The molecule has 1 saturated heterocycles. The summed E-state index contributed by atoms with van der Waals surface area (Å²) in [4.78, 5) is 39.5. The van der Waals surface area contributed by atoms with Crippen molar-refractivity contribution in [2.75, 3.05) is 6.61 Å². The number of ketones is 1. The number of thioether (sulfide) groups is 1. The number of nitrogens with zero attached hydrogens (tertiary/aromatic N) is 1. The molecule has 1 N–H and O–H groups in total. The van der Waals surface area contributed by atoms with E-state index in [4.69, 9.17) is 8.05 Å². The molecule has 1 aromatic heterocycles. The van der Waals surface area contributed by atoms with Crippen molar-refractivity contribution in [3.8, 4) is 0 Å². The van der Waals surface area contributed by atoms with E-state index in [-0.39, 0.29) is 40.5 Å². The normalized spacial score (nSPS) is 25.7. The topological polar surface area (TPSA) is 83.9 Å². The fraction of sp³-hybridized carbons (Fsp3) is 0.471. The third kappa shape index (κ3) is 2.73. The number of hydrogen-bond donors (Lipinski definition) is 1. The number of Topliss-reactive ketones (excluding diaryl/α,β-unsaturated/α-hetero) is 1. The van der Waals surface area contributed by atoms with Crippen LogP contribution in [0, 0.1) is 5.92 Å². The van der Waals surface area contributed by atoms with Crippen molar-refractivity contribution < 1.29 is 24.1 Å². The van der Waals surface area contributed by atoms with E-state index in [2.05, 4.69) is 4.65 Å². The molecule has 4 rings (SSSR count). The predicted molar refractivity (Wildman–Crippen MR) is 97.3 cm³/mol. The van der Waals surface area contributed by atoms with E-state index >= 15 is 0 Å². The Bertz CT molecular complexity index is 802. The van der Waals surface area contributed by atoms with Gasteiger partial charge in [0.15, 0.2) is 0 Å². The van der Waals surface area contributed by atoms with Crippen LogP contribution in [-0.2, 0) is 25.5 Å². The highest BCUT2D eigenvalue weighted by atomic mass is 32.2. The number of β-lactam (4-membered cyclic amide) rings is 1. The van der Waals surface area contributed by atoms with Gasteiger partial charge >= 0.3 is 14.0 Å². The average molecular weight is 389 g/mol. The zero-order valence-corrected chi connectivity index (χ0v) is 15.5. The molecule has 26 heavy (non-hydrogen) atoms. The first kappa shape index (κ1) is 17.8. The summed E-state index contributed by atoms with van der Waals surface area (Å²) in [6, 6.07) is 3.79. The molecule has 2 atom stereocenters. The number of aliphatic hydroxyl groups excluding tert-OH is 1. The van der Waals surface area contributed by atoms with Gasteiger partial charge in [0.2, 0.25) is 5.91 Å². The fourth-order valence-corrected chi connectivity index (χ4v) is 6.23. The summed E-state index contributed by atoms with van der Waals surface area (Å²) < 4.78 is 4.02. The zero-order chi connectivity index (χ0) is 18.5. The van der Waals surface area contributed by atoms with Crippen LogP contribution in [0.5, 0.6) is 0 Å². The number of rotatable bonds is 6. The summed E-state index contributed by atoms with van der Waals surface area (Å²) in [7, 11) is 5.03.